The quantitative estimate of drug-likeness (QED) is 0.786. The number of fused-ring (bicyclic) bond motifs is 3. The molecule has 6 heteroatoms. The number of hydrogen-bond donors (Lipinski definition) is 1. The van der Waals surface area contributed by atoms with E-state index in [0.717, 1.165) is 51.8 Å². The van der Waals surface area contributed by atoms with Crippen LogP contribution in [0.25, 0.3) is 11.1 Å². The van der Waals surface area contributed by atoms with E-state index in [1.807, 2.05) is 23.6 Å². The van der Waals surface area contributed by atoms with Gasteiger partial charge in [-0.05, 0) is 72.6 Å². The summed E-state index contributed by atoms with van der Waals surface area (Å²) in [4.78, 5) is 29.0. The van der Waals surface area contributed by atoms with Crippen molar-refractivity contribution in [3.05, 3.63) is 57.6 Å². The largest absolute Gasteiger partial charge is 0.481 e. The Morgan fingerprint density at radius 3 is 2.12 bits per heavy atom. The van der Waals surface area contributed by atoms with Gasteiger partial charge in [0, 0.05) is 26.2 Å². The van der Waals surface area contributed by atoms with Gasteiger partial charge in [-0.15, -0.1) is 0 Å². The summed E-state index contributed by atoms with van der Waals surface area (Å²) in [6.07, 6.45) is 2.38. The van der Waals surface area contributed by atoms with E-state index in [4.69, 9.17) is 4.74 Å². The van der Waals surface area contributed by atoms with Gasteiger partial charge in [0.2, 0.25) is 0 Å². The Hall–Kier alpha value is -2.86. The van der Waals surface area contributed by atoms with Crippen molar-refractivity contribution in [2.24, 2.45) is 0 Å². The zero-order chi connectivity index (χ0) is 22.6. The van der Waals surface area contributed by atoms with Crippen molar-refractivity contribution in [1.29, 1.82) is 0 Å². The summed E-state index contributed by atoms with van der Waals surface area (Å²) < 4.78 is 5.90. The maximum absolute atomic E-state index is 13.4. The number of ether oxygens (including phenoxy) is 1. The predicted molar refractivity (Wildman–Crippen MR) is 122 cm³/mol. The van der Waals surface area contributed by atoms with Gasteiger partial charge in [0.1, 0.15) is 0 Å². The SMILES string of the molecule is Cc1ccc(-c2c(C)c3c(c(C)c2CC(=O)O)CN(C(=O)N2CC4CCC(C2)O4)C3)cc1. The molecule has 2 saturated heterocycles. The van der Waals surface area contributed by atoms with E-state index in [1.54, 1.807) is 0 Å². The number of hydrogen-bond acceptors (Lipinski definition) is 3. The first kappa shape index (κ1) is 21.0. The van der Waals surface area contributed by atoms with Crippen molar-refractivity contribution < 1.29 is 19.4 Å². The molecule has 0 saturated carbocycles. The van der Waals surface area contributed by atoms with Crippen LogP contribution in [-0.4, -0.2) is 52.2 Å². The summed E-state index contributed by atoms with van der Waals surface area (Å²) in [5.74, 6) is -0.837. The highest BCUT2D eigenvalue weighted by Gasteiger charge is 2.39. The molecular weight excluding hydrogens is 404 g/mol. The van der Waals surface area contributed by atoms with Gasteiger partial charge in [-0.1, -0.05) is 29.8 Å². The normalized spacial score (nSPS) is 21.7. The van der Waals surface area contributed by atoms with Gasteiger partial charge in [0.15, 0.2) is 0 Å². The average molecular weight is 435 g/mol. The molecule has 1 N–H and O–H groups in total. The van der Waals surface area contributed by atoms with E-state index in [1.165, 1.54) is 5.56 Å². The molecule has 2 aromatic rings. The van der Waals surface area contributed by atoms with Crippen LogP contribution in [0.1, 0.15) is 46.2 Å². The molecule has 5 rings (SSSR count). The van der Waals surface area contributed by atoms with Gasteiger partial charge in [-0.2, -0.15) is 0 Å². The molecule has 2 amide bonds. The Bertz CT molecular complexity index is 1080. The van der Waals surface area contributed by atoms with Crippen LogP contribution in [0.5, 0.6) is 0 Å². The minimum Gasteiger partial charge on any atom is -0.481 e. The van der Waals surface area contributed by atoms with Crippen molar-refractivity contribution >= 4 is 12.0 Å². The van der Waals surface area contributed by atoms with Crippen molar-refractivity contribution in [1.82, 2.24) is 9.80 Å². The van der Waals surface area contributed by atoms with Gasteiger partial charge in [-0.3, -0.25) is 4.79 Å². The molecule has 3 aliphatic rings. The highest BCUT2D eigenvalue weighted by Crippen LogP contribution is 2.40. The van der Waals surface area contributed by atoms with Crippen molar-refractivity contribution in [2.45, 2.75) is 65.3 Å². The number of carboxylic acids is 1. The van der Waals surface area contributed by atoms with Crippen molar-refractivity contribution in [3.8, 4) is 11.1 Å². The first-order valence-electron chi connectivity index (χ1n) is 11.4. The molecule has 2 bridgehead atoms. The van der Waals surface area contributed by atoms with Crippen LogP contribution < -0.4 is 0 Å². The zero-order valence-corrected chi connectivity index (χ0v) is 19.0. The monoisotopic (exact) mass is 434 g/mol. The highest BCUT2D eigenvalue weighted by atomic mass is 16.5. The number of aryl methyl sites for hydroxylation is 1. The van der Waals surface area contributed by atoms with Crippen LogP contribution in [0, 0.1) is 20.8 Å². The summed E-state index contributed by atoms with van der Waals surface area (Å²) >= 11 is 0. The topological polar surface area (TPSA) is 70.1 Å². The highest BCUT2D eigenvalue weighted by molar-refractivity contribution is 5.83. The lowest BCUT2D eigenvalue weighted by Gasteiger charge is -2.34. The van der Waals surface area contributed by atoms with Gasteiger partial charge in [0.25, 0.3) is 0 Å². The van der Waals surface area contributed by atoms with Crippen LogP contribution in [-0.2, 0) is 29.0 Å². The number of rotatable bonds is 3. The van der Waals surface area contributed by atoms with Crippen molar-refractivity contribution in [2.75, 3.05) is 13.1 Å². The van der Waals surface area contributed by atoms with Crippen molar-refractivity contribution in [3.63, 3.8) is 0 Å². The number of nitrogens with zero attached hydrogens (tertiary/aromatic N) is 2. The molecule has 168 valence electrons. The number of likely N-dealkylation sites (tertiary alicyclic amines) is 1. The average Bonchev–Trinajstić information content (AvgIpc) is 3.36. The Morgan fingerprint density at radius 1 is 0.938 bits per heavy atom. The maximum atomic E-state index is 13.4. The second-order valence-electron chi connectivity index (χ2n) is 9.50. The first-order valence-corrected chi connectivity index (χ1v) is 11.4. The molecule has 3 heterocycles. The molecule has 2 atom stereocenters. The number of carbonyl (C=O) groups is 2. The summed E-state index contributed by atoms with van der Waals surface area (Å²) in [6, 6.07) is 8.32. The number of benzene rings is 2. The van der Waals surface area contributed by atoms with E-state index in [2.05, 4.69) is 31.2 Å². The Labute approximate surface area is 188 Å². The van der Waals surface area contributed by atoms with Crippen LogP contribution in [0.15, 0.2) is 24.3 Å². The lowest BCUT2D eigenvalue weighted by Crippen LogP contribution is -2.50. The fourth-order valence-corrected chi connectivity index (χ4v) is 5.65. The van der Waals surface area contributed by atoms with Gasteiger partial charge < -0.3 is 19.6 Å². The van der Waals surface area contributed by atoms with E-state index in [9.17, 15) is 14.7 Å². The summed E-state index contributed by atoms with van der Waals surface area (Å²) in [5, 5.41) is 9.63. The van der Waals surface area contributed by atoms with E-state index in [0.29, 0.717) is 26.2 Å². The molecule has 3 aliphatic heterocycles. The van der Waals surface area contributed by atoms with Gasteiger partial charge in [-0.25, -0.2) is 4.79 Å². The number of carboxylic acid groups (broad SMARTS) is 1. The standard InChI is InChI=1S/C26H30N2O4/c1-15-4-6-18(7-5-15)25-17(3)23-14-28(13-22(23)16(2)21(25)10-24(29)30)26(31)27-11-19-8-9-20(12-27)32-19/h4-7,19-20H,8-14H2,1-3H3,(H,29,30). The lowest BCUT2D eigenvalue weighted by molar-refractivity contribution is -0.136. The number of amides is 2. The second kappa shape index (κ2) is 7.93. The number of urea groups is 1. The molecule has 0 aromatic heterocycles. The van der Waals surface area contributed by atoms with E-state index < -0.39 is 5.97 Å². The predicted octanol–water partition coefficient (Wildman–Crippen LogP) is 4.20. The molecule has 2 unspecified atom stereocenters. The molecule has 32 heavy (non-hydrogen) atoms. The Morgan fingerprint density at radius 2 is 1.53 bits per heavy atom. The molecule has 0 aliphatic carbocycles. The van der Waals surface area contributed by atoms with Crippen LogP contribution in [0.3, 0.4) is 0 Å². The number of aliphatic carboxylic acids is 1. The minimum atomic E-state index is -0.837. The summed E-state index contributed by atoms with van der Waals surface area (Å²) in [5.41, 5.74) is 8.42. The molecule has 0 radical (unpaired) electrons. The molecule has 6 nitrogen and oxygen atoms in total. The molecular formula is C26H30N2O4. The van der Waals surface area contributed by atoms with Crippen LogP contribution in [0.4, 0.5) is 4.79 Å². The Kier molecular flexibility index (Phi) is 5.20. The third-order valence-electron chi connectivity index (χ3n) is 7.35. The fraction of sp³-hybridized carbons (Fsp3) is 0.462. The van der Waals surface area contributed by atoms with Gasteiger partial charge in [0.05, 0.1) is 18.6 Å². The third kappa shape index (κ3) is 3.56. The summed E-state index contributed by atoms with van der Waals surface area (Å²) in [7, 11) is 0. The third-order valence-corrected chi connectivity index (χ3v) is 7.35. The summed E-state index contributed by atoms with van der Waals surface area (Å²) in [6.45, 7) is 8.56. The molecule has 0 spiro atoms. The van der Waals surface area contributed by atoms with Gasteiger partial charge >= 0.3 is 12.0 Å². The number of carbonyl (C=O) groups excluding carboxylic acids is 1. The fourth-order valence-electron chi connectivity index (χ4n) is 5.65. The maximum Gasteiger partial charge on any atom is 0.320 e. The molecule has 2 aromatic carbocycles. The minimum absolute atomic E-state index is 0.0239. The smallest absolute Gasteiger partial charge is 0.320 e. The second-order valence-corrected chi connectivity index (χ2v) is 9.50. The zero-order valence-electron chi connectivity index (χ0n) is 19.0. The lowest BCUT2D eigenvalue weighted by atomic mass is 9.84. The van der Waals surface area contributed by atoms with Crippen LogP contribution >= 0.6 is 0 Å². The van der Waals surface area contributed by atoms with E-state index in [-0.39, 0.29) is 24.7 Å². The Balaban J connectivity index is 1.51. The first-order chi connectivity index (χ1) is 15.3. The molecule has 2 fully saturated rings. The van der Waals surface area contributed by atoms with E-state index >= 15 is 0 Å². The number of morpholine rings is 1. The van der Waals surface area contributed by atoms with Crippen LogP contribution in [0.2, 0.25) is 0 Å².